The minimum absolute atomic E-state index is 0.0403. The molecule has 0 radical (unpaired) electrons. The molecule has 0 spiro atoms. The fourth-order valence-corrected chi connectivity index (χ4v) is 4.96. The lowest BCUT2D eigenvalue weighted by Gasteiger charge is -2.37. The van der Waals surface area contributed by atoms with Crippen molar-refractivity contribution in [3.8, 4) is 0 Å². The third kappa shape index (κ3) is 10.4. The fraction of sp³-hybridized carbons (Fsp3) is 0.690. The highest BCUT2D eigenvalue weighted by molar-refractivity contribution is 5.94. The second-order valence-corrected chi connectivity index (χ2v) is 10.6. The highest BCUT2D eigenvalue weighted by Gasteiger charge is 2.36. The highest BCUT2D eigenvalue weighted by atomic mass is 16.5. The number of allylic oxidation sites excluding steroid dienone is 2. The van der Waals surface area contributed by atoms with Crippen LogP contribution < -0.4 is 5.73 Å². The van der Waals surface area contributed by atoms with Crippen molar-refractivity contribution in [3.63, 3.8) is 0 Å². The third-order valence-corrected chi connectivity index (χ3v) is 7.17. The number of hydrogen-bond acceptors (Lipinski definition) is 9. The first-order valence-corrected chi connectivity index (χ1v) is 13.4. The van der Waals surface area contributed by atoms with E-state index in [4.69, 9.17) is 24.7 Å². The summed E-state index contributed by atoms with van der Waals surface area (Å²) < 4.78 is 22.0. The van der Waals surface area contributed by atoms with Crippen LogP contribution in [-0.2, 0) is 33.3 Å². The van der Waals surface area contributed by atoms with Crippen molar-refractivity contribution in [2.75, 3.05) is 7.11 Å². The topological polar surface area (TPSA) is 134 Å². The Hall–Kier alpha value is -2.33. The van der Waals surface area contributed by atoms with Gasteiger partial charge in [0.05, 0.1) is 37.9 Å². The molecule has 3 N–H and O–H groups in total. The second-order valence-electron chi connectivity index (χ2n) is 10.6. The molecule has 214 valence electrons. The first kappa shape index (κ1) is 31.9. The summed E-state index contributed by atoms with van der Waals surface area (Å²) in [7, 11) is 1.36. The molecule has 0 aliphatic carbocycles. The summed E-state index contributed by atoms with van der Waals surface area (Å²) in [6.07, 6.45) is 9.23. The van der Waals surface area contributed by atoms with Crippen molar-refractivity contribution in [1.29, 1.82) is 0 Å². The summed E-state index contributed by atoms with van der Waals surface area (Å²) in [5, 5.41) is 10.1. The Morgan fingerprint density at radius 1 is 1.11 bits per heavy atom. The zero-order chi connectivity index (χ0) is 28.4. The van der Waals surface area contributed by atoms with Crippen LogP contribution in [0.2, 0.25) is 0 Å². The first-order valence-electron chi connectivity index (χ1n) is 13.4. The number of aliphatic hydroxyl groups excluding tert-OH is 1. The van der Waals surface area contributed by atoms with Crippen molar-refractivity contribution in [1.82, 2.24) is 0 Å². The summed E-state index contributed by atoms with van der Waals surface area (Å²) >= 11 is 0. The molecular formula is C29H45NO8. The average Bonchev–Trinajstić information content (AvgIpc) is 2.84. The zero-order valence-corrected chi connectivity index (χ0v) is 23.5. The maximum Gasteiger partial charge on any atom is 0.308 e. The summed E-state index contributed by atoms with van der Waals surface area (Å²) in [5.41, 5.74) is 7.25. The number of ether oxygens (including phenoxy) is 4. The molecule has 9 nitrogen and oxygen atoms in total. The van der Waals surface area contributed by atoms with Crippen molar-refractivity contribution >= 4 is 17.7 Å². The van der Waals surface area contributed by atoms with E-state index in [2.05, 4.69) is 13.0 Å². The molecule has 9 heteroatoms. The number of aliphatic hydroxyl groups is 1. The van der Waals surface area contributed by atoms with Crippen LogP contribution in [-0.4, -0.2) is 72.6 Å². The largest absolute Gasteiger partial charge is 0.469 e. The van der Waals surface area contributed by atoms with E-state index in [1.165, 1.54) is 26.2 Å². The number of carbonyl (C=O) groups is 3. The number of ketones is 1. The predicted octanol–water partition coefficient (Wildman–Crippen LogP) is 3.18. The lowest BCUT2D eigenvalue weighted by Crippen LogP contribution is -2.51. The van der Waals surface area contributed by atoms with Gasteiger partial charge in [-0.05, 0) is 70.4 Å². The molecule has 38 heavy (non-hydrogen) atoms. The lowest BCUT2D eigenvalue weighted by atomic mass is 9.86. The molecule has 2 aliphatic rings. The van der Waals surface area contributed by atoms with Crippen molar-refractivity contribution in [3.05, 3.63) is 36.0 Å². The van der Waals surface area contributed by atoms with E-state index in [0.29, 0.717) is 25.7 Å². The van der Waals surface area contributed by atoms with Crippen LogP contribution in [0.25, 0.3) is 0 Å². The third-order valence-electron chi connectivity index (χ3n) is 7.17. The molecule has 9 atom stereocenters. The monoisotopic (exact) mass is 535 g/mol. The van der Waals surface area contributed by atoms with E-state index >= 15 is 0 Å². The highest BCUT2D eigenvalue weighted by Crippen LogP contribution is 2.31. The summed E-state index contributed by atoms with van der Waals surface area (Å²) in [6, 6.07) is -0.407. The molecule has 0 aromatic carbocycles. The molecule has 0 aromatic heterocycles. The number of nitrogens with two attached hydrogens (primary N) is 1. The normalized spacial score (nSPS) is 32.2. The molecule has 0 aromatic rings. The summed E-state index contributed by atoms with van der Waals surface area (Å²) in [5.74, 6) is -0.758. The minimum Gasteiger partial charge on any atom is -0.469 e. The van der Waals surface area contributed by atoms with Gasteiger partial charge in [-0.2, -0.15) is 0 Å². The number of esters is 2. The number of carbonyl (C=O) groups excluding carboxylic acids is 3. The predicted molar refractivity (Wildman–Crippen MR) is 143 cm³/mol. The molecule has 2 saturated heterocycles. The summed E-state index contributed by atoms with van der Waals surface area (Å²) in [4.78, 5) is 35.5. The lowest BCUT2D eigenvalue weighted by molar-refractivity contribution is -0.148. The zero-order valence-electron chi connectivity index (χ0n) is 23.5. The number of rotatable bonds is 11. The van der Waals surface area contributed by atoms with Gasteiger partial charge >= 0.3 is 11.9 Å². The van der Waals surface area contributed by atoms with E-state index in [9.17, 15) is 19.5 Å². The van der Waals surface area contributed by atoms with Gasteiger partial charge in [-0.3, -0.25) is 14.4 Å². The smallest absolute Gasteiger partial charge is 0.308 e. The van der Waals surface area contributed by atoms with E-state index in [1.807, 2.05) is 19.1 Å². The molecule has 2 aliphatic heterocycles. The Bertz CT molecular complexity index is 895. The molecular weight excluding hydrogens is 490 g/mol. The molecule has 2 fully saturated rings. The van der Waals surface area contributed by atoms with Gasteiger partial charge in [0.1, 0.15) is 12.2 Å². The molecule has 2 rings (SSSR count). The van der Waals surface area contributed by atoms with E-state index < -0.39 is 30.3 Å². The number of hydrogen-bond donors (Lipinski definition) is 2. The van der Waals surface area contributed by atoms with Crippen molar-refractivity contribution in [2.45, 2.75) is 109 Å². The van der Waals surface area contributed by atoms with Gasteiger partial charge < -0.3 is 29.8 Å². The second kappa shape index (κ2) is 15.3. The van der Waals surface area contributed by atoms with Crippen LogP contribution in [0.4, 0.5) is 0 Å². The maximum absolute atomic E-state index is 12.7. The average molecular weight is 536 g/mol. The number of methoxy groups -OCH3 is 1. The van der Waals surface area contributed by atoms with Crippen LogP contribution >= 0.6 is 0 Å². The maximum atomic E-state index is 12.7. The molecule has 7 unspecified atom stereocenters. The standard InChI is InChI=1S/C29H45NO8/c1-17(7-10-23-14-22(20(4)31)15-24(37-23)16-28(34)35-6)8-12-27-18(2)13-25(30)29(38-27)26(33)11-9-19(3)36-21(5)32/h7-11,18-20,22-25,27,29,31H,12-16,30H2,1-6H3/b10-7+,11-9-,17-8+/t18?,19?,20?,22?,23-,24+,25?,27?,29?/m1/s1. The van der Waals surface area contributed by atoms with Gasteiger partial charge in [-0.1, -0.05) is 30.7 Å². The van der Waals surface area contributed by atoms with E-state index in [1.54, 1.807) is 13.8 Å². The van der Waals surface area contributed by atoms with Gasteiger partial charge in [0, 0.05) is 13.0 Å². The quantitative estimate of drug-likeness (QED) is 0.232. The van der Waals surface area contributed by atoms with Crippen LogP contribution in [0.3, 0.4) is 0 Å². The summed E-state index contributed by atoms with van der Waals surface area (Å²) in [6.45, 7) is 8.82. The van der Waals surface area contributed by atoms with Crippen molar-refractivity contribution < 1.29 is 38.4 Å². The van der Waals surface area contributed by atoms with Gasteiger partial charge in [-0.25, -0.2) is 0 Å². The molecule has 0 saturated carbocycles. The van der Waals surface area contributed by atoms with Gasteiger partial charge in [-0.15, -0.1) is 0 Å². The Morgan fingerprint density at radius 2 is 1.82 bits per heavy atom. The van der Waals surface area contributed by atoms with Crippen LogP contribution in [0, 0.1) is 11.8 Å². The van der Waals surface area contributed by atoms with Crippen LogP contribution in [0.5, 0.6) is 0 Å². The Labute approximate surface area is 226 Å². The first-order chi connectivity index (χ1) is 17.9. The molecule has 2 heterocycles. The molecule has 0 bridgehead atoms. The Morgan fingerprint density at radius 3 is 2.45 bits per heavy atom. The van der Waals surface area contributed by atoms with Crippen molar-refractivity contribution in [2.24, 2.45) is 17.6 Å². The molecule has 0 amide bonds. The SMILES string of the molecule is COC(=O)C[C@@H]1CC(C(C)O)C[C@@H](/C=C/C(C)=C/CC2OC(C(=O)/C=C\C(C)OC(C)=O)C(N)CC2C)O1. The van der Waals surface area contributed by atoms with Crippen LogP contribution in [0.1, 0.15) is 66.7 Å². The van der Waals surface area contributed by atoms with E-state index in [-0.39, 0.29) is 48.3 Å². The fourth-order valence-electron chi connectivity index (χ4n) is 4.96. The Balaban J connectivity index is 1.98. The van der Waals surface area contributed by atoms with Gasteiger partial charge in [0.25, 0.3) is 0 Å². The van der Waals surface area contributed by atoms with Gasteiger partial charge in [0.2, 0.25) is 0 Å². The minimum atomic E-state index is -0.749. The van der Waals surface area contributed by atoms with Crippen LogP contribution in [0.15, 0.2) is 36.0 Å². The van der Waals surface area contributed by atoms with Gasteiger partial charge in [0.15, 0.2) is 5.78 Å². The Kier molecular flexibility index (Phi) is 12.8. The van der Waals surface area contributed by atoms with E-state index in [0.717, 1.165) is 5.57 Å².